The van der Waals surface area contributed by atoms with Gasteiger partial charge >= 0.3 is 0 Å². The minimum absolute atomic E-state index is 0.0970. The number of aliphatic hydroxyl groups is 4. The van der Waals surface area contributed by atoms with Crippen LogP contribution >= 0.6 is 46.4 Å². The van der Waals surface area contributed by atoms with E-state index in [2.05, 4.69) is 74.9 Å². The third kappa shape index (κ3) is 12.7. The second-order valence-electron chi connectivity index (χ2n) is 20.1. The zero-order valence-electron chi connectivity index (χ0n) is 39.1. The number of carbonyl (C=O) groups excluding carboxylic acids is 2. The Kier molecular flexibility index (Phi) is 18.6. The van der Waals surface area contributed by atoms with Crippen molar-refractivity contribution in [2.24, 2.45) is 10.8 Å². The van der Waals surface area contributed by atoms with Crippen LogP contribution in [-0.4, -0.2) is 94.9 Å². The normalized spacial score (nSPS) is 25.5. The summed E-state index contributed by atoms with van der Waals surface area (Å²) in [5.74, 6) is -1.86. The first kappa shape index (κ1) is 54.7. The molecule has 4 aromatic rings. The predicted octanol–water partition coefficient (Wildman–Crippen LogP) is 7.57. The van der Waals surface area contributed by atoms with Gasteiger partial charge in [0.25, 0.3) is 0 Å². The minimum Gasteiger partial charge on any atom is -0.394 e. The van der Waals surface area contributed by atoms with Gasteiger partial charge in [-0.2, -0.15) is 10.5 Å². The average molecular weight is 1010 g/mol. The molecule has 0 radical (unpaired) electrons. The smallest absolute Gasteiger partial charge is 0.237 e. The summed E-state index contributed by atoms with van der Waals surface area (Å²) in [5, 5.41) is 73.9. The van der Waals surface area contributed by atoms with Crippen molar-refractivity contribution in [3.63, 3.8) is 0 Å². The maximum absolute atomic E-state index is 13.4. The van der Waals surface area contributed by atoms with Gasteiger partial charge in [0, 0.05) is 57.1 Å². The molecule has 12 nitrogen and oxygen atoms in total. The molecule has 0 unspecified atom stereocenters. The molecular weight excluding hydrogens is 946 g/mol. The van der Waals surface area contributed by atoms with Crippen LogP contribution in [0.5, 0.6) is 0 Å². The zero-order valence-corrected chi connectivity index (χ0v) is 42.1. The molecule has 10 atom stereocenters. The number of rotatable bonds is 14. The summed E-state index contributed by atoms with van der Waals surface area (Å²) in [4.78, 5) is 26.8. The summed E-state index contributed by atoms with van der Waals surface area (Å²) in [6.07, 6.45) is -0.887. The highest BCUT2D eigenvalue weighted by Crippen LogP contribution is 2.53. The minimum atomic E-state index is -1.10. The summed E-state index contributed by atoms with van der Waals surface area (Å²) in [7, 11) is 0. The number of hydrogen-bond acceptors (Lipinski definition) is 10. The predicted molar refractivity (Wildman–Crippen MR) is 268 cm³/mol. The van der Waals surface area contributed by atoms with Crippen molar-refractivity contribution in [2.45, 2.75) is 113 Å². The largest absolute Gasteiger partial charge is 0.394 e. The van der Waals surface area contributed by atoms with Crippen molar-refractivity contribution in [1.29, 1.82) is 10.5 Å². The molecule has 0 bridgehead atoms. The van der Waals surface area contributed by atoms with Crippen molar-refractivity contribution in [3.05, 3.63) is 139 Å². The SMILES string of the molecule is CC(C)(C)C[C@@H]1N[C@@H](C(=O)NC[C@H](O)CO)[C@H](c2cccc(Cl)c2)[C@@]1(C#N)c1ccc(Cl)cc1.CC(C)(C)C[C@H]1N[C@H](C(=O)NC[C@H](O)CO)[C@@H](c2cccc(Cl)c2)[C@]1(C#N)c1ccc(Cl)cc1. The van der Waals surface area contributed by atoms with Gasteiger partial charge in [0.2, 0.25) is 11.8 Å². The summed E-state index contributed by atoms with van der Waals surface area (Å²) in [6, 6.07) is 31.8. The first-order valence-corrected chi connectivity index (χ1v) is 24.1. The van der Waals surface area contributed by atoms with E-state index in [1.807, 2.05) is 48.5 Å². The molecule has 2 heterocycles. The Labute approximate surface area is 420 Å². The molecule has 4 aromatic carbocycles. The highest BCUT2D eigenvalue weighted by Gasteiger charge is 2.61. The van der Waals surface area contributed by atoms with Gasteiger partial charge < -0.3 is 41.7 Å². The van der Waals surface area contributed by atoms with E-state index in [0.29, 0.717) is 32.9 Å². The van der Waals surface area contributed by atoms with Gasteiger partial charge in [0.05, 0.1) is 49.6 Å². The van der Waals surface area contributed by atoms with Crippen molar-refractivity contribution >= 4 is 58.2 Å². The van der Waals surface area contributed by atoms with Crippen LogP contribution in [-0.2, 0) is 20.4 Å². The van der Waals surface area contributed by atoms with Gasteiger partial charge in [0.1, 0.15) is 10.8 Å². The van der Waals surface area contributed by atoms with Crippen molar-refractivity contribution in [3.8, 4) is 12.1 Å². The molecule has 2 aliphatic heterocycles. The molecule has 0 aliphatic carbocycles. The van der Waals surface area contributed by atoms with Gasteiger partial charge in [0.15, 0.2) is 0 Å². The molecule has 2 amide bonds. The number of halogens is 4. The molecule has 364 valence electrons. The number of carbonyl (C=O) groups is 2. The molecular formula is C52H62Cl4N6O6. The van der Waals surface area contributed by atoms with Crippen molar-refractivity contribution in [2.75, 3.05) is 26.3 Å². The van der Waals surface area contributed by atoms with E-state index in [1.165, 1.54) is 0 Å². The van der Waals surface area contributed by atoms with Crippen molar-refractivity contribution in [1.82, 2.24) is 21.3 Å². The van der Waals surface area contributed by atoms with Crippen LogP contribution in [0.25, 0.3) is 0 Å². The summed E-state index contributed by atoms with van der Waals surface area (Å²) in [5.41, 5.74) is 0.577. The van der Waals surface area contributed by atoms with Gasteiger partial charge in [-0.05, 0) is 94.5 Å². The Morgan fingerprint density at radius 2 is 0.941 bits per heavy atom. The van der Waals surface area contributed by atoms with Crippen LogP contribution in [0.4, 0.5) is 0 Å². The molecule has 6 rings (SSSR count). The van der Waals surface area contributed by atoms with Gasteiger partial charge in [-0.15, -0.1) is 0 Å². The lowest BCUT2D eigenvalue weighted by molar-refractivity contribution is -0.124. The van der Waals surface area contributed by atoms with E-state index >= 15 is 0 Å². The lowest BCUT2D eigenvalue weighted by Crippen LogP contribution is -2.47. The Hall–Kier alpha value is -4.28. The van der Waals surface area contributed by atoms with Crippen LogP contribution in [0.15, 0.2) is 97.1 Å². The molecule has 2 saturated heterocycles. The molecule has 0 aromatic heterocycles. The number of amides is 2. The fourth-order valence-corrected chi connectivity index (χ4v) is 10.3. The van der Waals surface area contributed by atoms with Gasteiger partial charge in [-0.1, -0.05) is 136 Å². The second kappa shape index (κ2) is 23.1. The number of aliphatic hydroxyl groups excluding tert-OH is 4. The Morgan fingerprint density at radius 3 is 1.22 bits per heavy atom. The monoisotopic (exact) mass is 1010 g/mol. The molecule has 2 aliphatic rings. The lowest BCUT2D eigenvalue weighted by Gasteiger charge is -2.37. The third-order valence-corrected chi connectivity index (χ3v) is 13.6. The highest BCUT2D eigenvalue weighted by molar-refractivity contribution is 6.31. The number of nitrogens with one attached hydrogen (secondary N) is 4. The van der Waals surface area contributed by atoms with E-state index in [1.54, 1.807) is 48.5 Å². The Morgan fingerprint density at radius 1 is 0.603 bits per heavy atom. The van der Waals surface area contributed by atoms with E-state index in [9.17, 15) is 30.3 Å². The summed E-state index contributed by atoms with van der Waals surface area (Å²) < 4.78 is 0. The molecule has 0 spiro atoms. The standard InChI is InChI=1S/2C26H31Cl2N3O3/c2*1-25(2,3)12-21-26(15-29,17-7-9-18(27)10-8-17)22(16-5-4-6-19(28)11-16)23(31-21)24(34)30-13-20(33)14-32/h2*4-11,20-23,31-33H,12-14H2,1-3H3,(H,30,34)/t20-,21+,22+,23-,26+;20-,21-,22-,23+,26-/m00/s1. The molecule has 68 heavy (non-hydrogen) atoms. The third-order valence-electron chi connectivity index (χ3n) is 12.6. The summed E-state index contributed by atoms with van der Waals surface area (Å²) >= 11 is 25.0. The van der Waals surface area contributed by atoms with E-state index in [-0.39, 0.29) is 47.8 Å². The zero-order chi connectivity index (χ0) is 50.2. The van der Waals surface area contributed by atoms with Crippen molar-refractivity contribution < 1.29 is 30.0 Å². The van der Waals surface area contributed by atoms with Crippen LogP contribution in [0.2, 0.25) is 20.1 Å². The maximum atomic E-state index is 13.4. The Balaban J connectivity index is 0.000000254. The number of benzene rings is 4. The van der Waals surface area contributed by atoms with Gasteiger partial charge in [-0.3, -0.25) is 9.59 Å². The van der Waals surface area contributed by atoms with E-state index in [0.717, 1.165) is 22.3 Å². The van der Waals surface area contributed by atoms with E-state index in [4.69, 9.17) is 56.6 Å². The summed E-state index contributed by atoms with van der Waals surface area (Å²) in [6.45, 7) is 11.5. The van der Waals surface area contributed by atoms with Crippen LogP contribution in [0, 0.1) is 33.5 Å². The molecule has 16 heteroatoms. The maximum Gasteiger partial charge on any atom is 0.237 e. The fourth-order valence-electron chi connectivity index (χ4n) is 9.70. The van der Waals surface area contributed by atoms with Crippen LogP contribution < -0.4 is 21.3 Å². The molecule has 2 fully saturated rings. The Bertz CT molecular complexity index is 2270. The lowest BCUT2D eigenvalue weighted by atomic mass is 9.63. The average Bonchev–Trinajstić information content (AvgIpc) is 3.79. The topological polar surface area (TPSA) is 211 Å². The number of nitrogens with zero attached hydrogens (tertiary/aromatic N) is 2. The fraction of sp³-hybridized carbons (Fsp3) is 0.462. The molecule has 0 saturated carbocycles. The van der Waals surface area contributed by atoms with Gasteiger partial charge in [-0.25, -0.2) is 0 Å². The van der Waals surface area contributed by atoms with Crippen LogP contribution in [0.1, 0.15) is 88.5 Å². The first-order chi connectivity index (χ1) is 32.0. The first-order valence-electron chi connectivity index (χ1n) is 22.5. The second-order valence-corrected chi connectivity index (χ2v) is 21.9. The van der Waals surface area contributed by atoms with Crippen LogP contribution in [0.3, 0.4) is 0 Å². The quantitative estimate of drug-likeness (QED) is 0.0621. The molecule has 8 N–H and O–H groups in total. The number of nitriles is 2. The highest BCUT2D eigenvalue weighted by atomic mass is 35.5. The number of hydrogen-bond donors (Lipinski definition) is 8. The van der Waals surface area contributed by atoms with E-state index < -0.39 is 60.2 Å².